The molecule has 2 aromatic rings. The Morgan fingerprint density at radius 3 is 3.00 bits per heavy atom. The van der Waals surface area contributed by atoms with Gasteiger partial charge >= 0.3 is 0 Å². The van der Waals surface area contributed by atoms with Gasteiger partial charge in [0.1, 0.15) is 5.82 Å². The van der Waals surface area contributed by atoms with E-state index in [1.807, 2.05) is 24.3 Å². The largest absolute Gasteiger partial charge is 0.350 e. The van der Waals surface area contributed by atoms with Gasteiger partial charge in [-0.2, -0.15) is 0 Å². The van der Waals surface area contributed by atoms with Gasteiger partial charge in [0.15, 0.2) is 0 Å². The molecule has 3 aliphatic rings. The number of carbonyl (C=O) groups excluding carboxylic acids is 1. The molecule has 2 heterocycles. The number of rotatable bonds is 7. The van der Waals surface area contributed by atoms with Crippen LogP contribution in [0.1, 0.15) is 41.9 Å². The van der Waals surface area contributed by atoms with Crippen LogP contribution in [0.4, 0.5) is 0 Å². The summed E-state index contributed by atoms with van der Waals surface area (Å²) < 4.78 is 2.24. The predicted molar refractivity (Wildman–Crippen MR) is 124 cm³/mol. The lowest BCUT2D eigenvalue weighted by Gasteiger charge is -2.24. The summed E-state index contributed by atoms with van der Waals surface area (Å²) in [5.41, 5.74) is 8.72. The number of benzene rings is 1. The van der Waals surface area contributed by atoms with Crippen LogP contribution in [0.25, 0.3) is 11.0 Å². The zero-order valence-corrected chi connectivity index (χ0v) is 17.8. The predicted octanol–water partition coefficient (Wildman–Crippen LogP) is 4.29. The van der Waals surface area contributed by atoms with E-state index in [2.05, 4.69) is 50.9 Å². The van der Waals surface area contributed by atoms with Gasteiger partial charge in [0.05, 0.1) is 23.1 Å². The monoisotopic (exact) mass is 412 g/mol. The fourth-order valence-corrected chi connectivity index (χ4v) is 4.58. The van der Waals surface area contributed by atoms with E-state index in [0.29, 0.717) is 6.54 Å². The molecule has 1 N–H and O–H groups in total. The Morgan fingerprint density at radius 1 is 1.19 bits per heavy atom. The fourth-order valence-electron chi connectivity index (χ4n) is 4.58. The number of hydrogen-bond acceptors (Lipinski definition) is 3. The highest BCUT2D eigenvalue weighted by Crippen LogP contribution is 2.24. The number of carbonyl (C=O) groups is 1. The van der Waals surface area contributed by atoms with Crippen molar-refractivity contribution in [3.63, 3.8) is 0 Å². The van der Waals surface area contributed by atoms with Crippen molar-refractivity contribution in [2.45, 2.75) is 38.8 Å². The minimum absolute atomic E-state index is 0.00534. The van der Waals surface area contributed by atoms with E-state index >= 15 is 0 Å². The number of hydrogen-bond donors (Lipinski definition) is 1. The first kappa shape index (κ1) is 19.8. The first-order chi connectivity index (χ1) is 15.3. The molecule has 0 saturated carbocycles. The summed E-state index contributed by atoms with van der Waals surface area (Å²) in [4.78, 5) is 19.9. The zero-order chi connectivity index (χ0) is 21.0. The van der Waals surface area contributed by atoms with Crippen molar-refractivity contribution in [3.05, 3.63) is 82.9 Å². The summed E-state index contributed by atoms with van der Waals surface area (Å²) in [6, 6.07) is 5.84. The maximum absolute atomic E-state index is 12.5. The Labute approximate surface area is 183 Å². The number of amides is 1. The van der Waals surface area contributed by atoms with E-state index in [0.717, 1.165) is 74.3 Å². The quantitative estimate of drug-likeness (QED) is 0.690. The molecule has 0 atom stereocenters. The summed E-state index contributed by atoms with van der Waals surface area (Å²) >= 11 is 0. The maximum Gasteiger partial charge on any atom is 0.253 e. The number of allylic oxidation sites excluding steroid dienone is 4. The lowest BCUT2D eigenvalue weighted by Crippen LogP contribution is -2.29. The molecule has 0 radical (unpaired) electrons. The summed E-state index contributed by atoms with van der Waals surface area (Å²) in [5.74, 6) is 1.03. The van der Waals surface area contributed by atoms with Gasteiger partial charge in [-0.25, -0.2) is 4.98 Å². The molecule has 1 aliphatic heterocycles. The van der Waals surface area contributed by atoms with Gasteiger partial charge in [-0.3, -0.25) is 9.69 Å². The molecule has 1 aromatic carbocycles. The van der Waals surface area contributed by atoms with Gasteiger partial charge in [0.2, 0.25) is 0 Å². The molecule has 0 fully saturated rings. The van der Waals surface area contributed by atoms with E-state index in [4.69, 9.17) is 4.98 Å². The first-order valence-electron chi connectivity index (χ1n) is 11.2. The van der Waals surface area contributed by atoms with Gasteiger partial charge in [-0.05, 0) is 55.0 Å². The highest BCUT2D eigenvalue weighted by molar-refractivity contribution is 6.05. The summed E-state index contributed by atoms with van der Waals surface area (Å²) in [6.07, 6.45) is 17.4. The van der Waals surface area contributed by atoms with Crippen LogP contribution in [0.2, 0.25) is 0 Å². The van der Waals surface area contributed by atoms with Crippen molar-refractivity contribution >= 4 is 16.9 Å². The highest BCUT2D eigenvalue weighted by Gasteiger charge is 2.22. The van der Waals surface area contributed by atoms with Crippen LogP contribution in [0.3, 0.4) is 0 Å². The Kier molecular flexibility index (Phi) is 5.70. The van der Waals surface area contributed by atoms with Crippen molar-refractivity contribution < 1.29 is 4.79 Å². The standard InChI is InChI=1S/C26H28N4O/c31-26-22-12-7-13-23-25(22)30(17-15-27-26)24(28-23)19-29(18-21-10-5-2-6-11-21)16-14-20-8-3-1-4-9-20/h1,3-5,7,10-13H,2,6,8,14-19H2,(H,27,31). The lowest BCUT2D eigenvalue weighted by atomic mass is 10.0. The maximum atomic E-state index is 12.5. The molecule has 0 bridgehead atoms. The number of aromatic nitrogens is 2. The Hall–Kier alpha value is -3.14. The molecular weight excluding hydrogens is 384 g/mol. The molecule has 1 amide bonds. The molecule has 5 heteroatoms. The van der Waals surface area contributed by atoms with Crippen molar-refractivity contribution in [3.8, 4) is 0 Å². The highest BCUT2D eigenvalue weighted by atomic mass is 16.1. The third-order valence-electron chi connectivity index (χ3n) is 6.17. The second-order valence-corrected chi connectivity index (χ2v) is 8.38. The normalized spacial score (nSPS) is 17.6. The minimum atomic E-state index is -0.00534. The van der Waals surface area contributed by atoms with Gasteiger partial charge in [0, 0.05) is 26.2 Å². The summed E-state index contributed by atoms with van der Waals surface area (Å²) in [6.45, 7) is 4.02. The van der Waals surface area contributed by atoms with Crippen molar-refractivity contribution in [2.75, 3.05) is 19.6 Å². The molecule has 5 rings (SSSR count). The topological polar surface area (TPSA) is 50.2 Å². The number of nitrogens with one attached hydrogen (secondary N) is 1. The number of para-hydroxylation sites is 1. The first-order valence-corrected chi connectivity index (χ1v) is 11.2. The third-order valence-corrected chi connectivity index (χ3v) is 6.17. The zero-order valence-electron chi connectivity index (χ0n) is 17.8. The van der Waals surface area contributed by atoms with E-state index < -0.39 is 0 Å². The van der Waals surface area contributed by atoms with E-state index in [1.54, 1.807) is 0 Å². The smallest absolute Gasteiger partial charge is 0.253 e. The third kappa shape index (κ3) is 4.34. The average molecular weight is 413 g/mol. The van der Waals surface area contributed by atoms with Gasteiger partial charge in [-0.1, -0.05) is 36.4 Å². The van der Waals surface area contributed by atoms with Crippen LogP contribution in [0, 0.1) is 0 Å². The van der Waals surface area contributed by atoms with E-state index in [1.165, 1.54) is 11.1 Å². The van der Waals surface area contributed by atoms with Gasteiger partial charge in [0.25, 0.3) is 5.91 Å². The van der Waals surface area contributed by atoms with Gasteiger partial charge < -0.3 is 9.88 Å². The number of imidazole rings is 1. The van der Waals surface area contributed by atoms with Crippen LogP contribution in [-0.4, -0.2) is 40.0 Å². The summed E-state index contributed by atoms with van der Waals surface area (Å²) in [7, 11) is 0. The SMILES string of the molecule is O=C1NCCn2c(CN(CCC3=C=CC=CC3)CC3=CCCC=C3)nc3cccc1c32. The second-order valence-electron chi connectivity index (χ2n) is 8.38. The van der Waals surface area contributed by atoms with Crippen LogP contribution >= 0.6 is 0 Å². The molecule has 2 aliphatic carbocycles. The average Bonchev–Trinajstić information content (AvgIpc) is 3.05. The molecule has 158 valence electrons. The molecule has 0 spiro atoms. The lowest BCUT2D eigenvalue weighted by molar-refractivity contribution is 0.0956. The Bertz CT molecular complexity index is 1160. The van der Waals surface area contributed by atoms with Crippen LogP contribution in [-0.2, 0) is 13.1 Å². The molecule has 5 nitrogen and oxygen atoms in total. The molecule has 0 saturated heterocycles. The fraction of sp³-hybridized carbons (Fsp3) is 0.346. The molecule has 1 aromatic heterocycles. The Morgan fingerprint density at radius 2 is 2.16 bits per heavy atom. The minimum Gasteiger partial charge on any atom is -0.350 e. The van der Waals surface area contributed by atoms with Crippen LogP contribution in [0.5, 0.6) is 0 Å². The Balaban J connectivity index is 1.43. The number of nitrogens with zero attached hydrogens (tertiary/aromatic N) is 3. The van der Waals surface area contributed by atoms with Crippen molar-refractivity contribution in [1.29, 1.82) is 0 Å². The van der Waals surface area contributed by atoms with Crippen molar-refractivity contribution in [2.24, 2.45) is 0 Å². The molecule has 31 heavy (non-hydrogen) atoms. The van der Waals surface area contributed by atoms with E-state index in [-0.39, 0.29) is 5.91 Å². The van der Waals surface area contributed by atoms with Crippen molar-refractivity contribution in [1.82, 2.24) is 19.8 Å². The van der Waals surface area contributed by atoms with E-state index in [9.17, 15) is 4.79 Å². The van der Waals surface area contributed by atoms with Gasteiger partial charge in [-0.15, -0.1) is 5.73 Å². The van der Waals surface area contributed by atoms with Crippen LogP contribution in [0.15, 0.2) is 71.5 Å². The molecular formula is C26H28N4O. The molecule has 0 unspecified atom stereocenters. The second kappa shape index (κ2) is 8.93. The summed E-state index contributed by atoms with van der Waals surface area (Å²) in [5, 5.41) is 3.01. The van der Waals surface area contributed by atoms with Crippen LogP contribution < -0.4 is 5.32 Å².